The average molecular weight is 534 g/mol. The third-order valence-corrected chi connectivity index (χ3v) is 8.00. The molecule has 9 heteroatoms. The number of aromatic nitrogens is 3. The first-order chi connectivity index (χ1) is 18.2. The fourth-order valence-electron chi connectivity index (χ4n) is 3.93. The van der Waals surface area contributed by atoms with Crippen LogP contribution in [0.4, 0.5) is 0 Å². The van der Waals surface area contributed by atoms with E-state index in [-0.39, 0.29) is 12.8 Å². The van der Waals surface area contributed by atoms with Crippen LogP contribution >= 0.6 is 0 Å². The predicted molar refractivity (Wildman–Crippen MR) is 150 cm³/mol. The van der Waals surface area contributed by atoms with Crippen molar-refractivity contribution in [2.75, 3.05) is 20.8 Å². The second-order valence-corrected chi connectivity index (χ2v) is 15.9. The van der Waals surface area contributed by atoms with E-state index < -0.39 is 14.0 Å². The van der Waals surface area contributed by atoms with Gasteiger partial charge in [0, 0.05) is 34.1 Å². The molecule has 0 bridgehead atoms. The van der Waals surface area contributed by atoms with Crippen LogP contribution in [-0.2, 0) is 20.9 Å². The molecule has 200 valence electrons. The van der Waals surface area contributed by atoms with Crippen molar-refractivity contribution in [1.82, 2.24) is 14.5 Å². The molecular weight excluding hydrogens is 498 g/mol. The molecule has 0 amide bonds. The molecule has 1 unspecified atom stereocenters. The first kappa shape index (κ1) is 27.5. The molecule has 0 radical (unpaired) electrons. The molecular formula is C29H35N3O5Si. The molecule has 0 aliphatic heterocycles. The topological polar surface area (TPSA) is 84.7 Å². The van der Waals surface area contributed by atoms with Gasteiger partial charge in [-0.2, -0.15) is 0 Å². The maximum absolute atomic E-state index is 12.8. The van der Waals surface area contributed by atoms with Gasteiger partial charge in [0.2, 0.25) is 0 Å². The first-order valence-electron chi connectivity index (χ1n) is 12.6. The number of carbonyl (C=O) groups excluding carboxylic acids is 1. The van der Waals surface area contributed by atoms with Gasteiger partial charge in [-0.25, -0.2) is 9.78 Å². The van der Waals surface area contributed by atoms with Crippen LogP contribution in [0.15, 0.2) is 60.8 Å². The lowest BCUT2D eigenvalue weighted by molar-refractivity contribution is 0.0597. The molecule has 0 spiro atoms. The minimum Gasteiger partial charge on any atom is -0.465 e. The number of nitrogens with zero attached hydrogens (tertiary/aromatic N) is 3. The van der Waals surface area contributed by atoms with E-state index in [1.165, 1.54) is 7.11 Å². The van der Waals surface area contributed by atoms with Crippen molar-refractivity contribution in [1.29, 1.82) is 0 Å². The Morgan fingerprint density at radius 1 is 1.05 bits per heavy atom. The number of benzene rings is 2. The summed E-state index contributed by atoms with van der Waals surface area (Å²) in [6, 6.07) is 17.8. The Balaban J connectivity index is 1.75. The minimum atomic E-state index is -1.24. The molecule has 4 rings (SSSR count). The van der Waals surface area contributed by atoms with Crippen LogP contribution in [0.2, 0.25) is 25.7 Å². The molecule has 2 aromatic heterocycles. The monoisotopic (exact) mass is 533 g/mol. The standard InChI is InChI=1S/C29H35N3O5Si/c1-20(34-2)21-10-12-22(13-11-21)37-27-18-25-26(17-23(27)29(33)35-3)32(19-36-15-16-38(4,5)6)28(31-25)24-9-7-8-14-30-24/h7-14,17-18,20H,15-16,19H2,1-6H3. The molecule has 0 fully saturated rings. The zero-order valence-corrected chi connectivity index (χ0v) is 23.9. The van der Waals surface area contributed by atoms with Gasteiger partial charge in [-0.1, -0.05) is 37.8 Å². The van der Waals surface area contributed by atoms with E-state index >= 15 is 0 Å². The Bertz CT molecular complexity index is 1380. The van der Waals surface area contributed by atoms with Gasteiger partial charge >= 0.3 is 5.97 Å². The fourth-order valence-corrected chi connectivity index (χ4v) is 4.69. The summed E-state index contributed by atoms with van der Waals surface area (Å²) in [6.07, 6.45) is 1.70. The highest BCUT2D eigenvalue weighted by Gasteiger charge is 2.22. The third-order valence-electron chi connectivity index (χ3n) is 6.30. The highest BCUT2D eigenvalue weighted by Crippen LogP contribution is 2.33. The van der Waals surface area contributed by atoms with Crippen molar-refractivity contribution < 1.29 is 23.7 Å². The van der Waals surface area contributed by atoms with E-state index in [4.69, 9.17) is 23.9 Å². The molecule has 0 saturated carbocycles. The Labute approximate surface area is 224 Å². The van der Waals surface area contributed by atoms with E-state index in [2.05, 4.69) is 24.6 Å². The van der Waals surface area contributed by atoms with Gasteiger partial charge in [-0.05, 0) is 48.9 Å². The molecule has 0 N–H and O–H groups in total. The van der Waals surface area contributed by atoms with Crippen molar-refractivity contribution in [3.05, 3.63) is 71.9 Å². The molecule has 2 heterocycles. The summed E-state index contributed by atoms with van der Waals surface area (Å²) >= 11 is 0. The number of imidazole rings is 1. The van der Waals surface area contributed by atoms with E-state index in [0.29, 0.717) is 40.7 Å². The number of methoxy groups -OCH3 is 2. The van der Waals surface area contributed by atoms with Crippen LogP contribution in [-0.4, -0.2) is 49.4 Å². The lowest BCUT2D eigenvalue weighted by Gasteiger charge is -2.16. The number of pyridine rings is 1. The first-order valence-corrected chi connectivity index (χ1v) is 16.3. The van der Waals surface area contributed by atoms with Gasteiger partial charge in [0.25, 0.3) is 0 Å². The van der Waals surface area contributed by atoms with Crippen LogP contribution in [0.25, 0.3) is 22.6 Å². The van der Waals surface area contributed by atoms with Crippen LogP contribution < -0.4 is 4.74 Å². The summed E-state index contributed by atoms with van der Waals surface area (Å²) in [5.74, 6) is 1.09. The summed E-state index contributed by atoms with van der Waals surface area (Å²) in [6.45, 7) is 9.87. The van der Waals surface area contributed by atoms with Gasteiger partial charge in [0.05, 0.1) is 24.2 Å². The Hall–Kier alpha value is -3.53. The SMILES string of the molecule is COC(=O)c1cc2c(cc1Oc1ccc(C(C)OC)cc1)nc(-c1ccccn1)n2COCC[Si](C)(C)C. The van der Waals surface area contributed by atoms with Crippen molar-refractivity contribution in [3.8, 4) is 23.0 Å². The predicted octanol–water partition coefficient (Wildman–Crippen LogP) is 6.70. The molecule has 38 heavy (non-hydrogen) atoms. The number of hydrogen-bond donors (Lipinski definition) is 0. The number of ether oxygens (including phenoxy) is 4. The van der Waals surface area contributed by atoms with Gasteiger partial charge in [-0.15, -0.1) is 0 Å². The number of esters is 1. The maximum Gasteiger partial charge on any atom is 0.341 e. The summed E-state index contributed by atoms with van der Waals surface area (Å²) in [5, 5.41) is 0. The smallest absolute Gasteiger partial charge is 0.341 e. The molecule has 0 aliphatic carbocycles. The highest BCUT2D eigenvalue weighted by molar-refractivity contribution is 6.76. The lowest BCUT2D eigenvalue weighted by atomic mass is 10.1. The second-order valence-electron chi connectivity index (χ2n) is 10.3. The largest absolute Gasteiger partial charge is 0.465 e. The van der Waals surface area contributed by atoms with Crippen LogP contribution in [0, 0.1) is 0 Å². The molecule has 1 atom stereocenters. The van der Waals surface area contributed by atoms with Gasteiger partial charge in [-0.3, -0.25) is 9.55 Å². The highest BCUT2D eigenvalue weighted by atomic mass is 28.3. The Kier molecular flexibility index (Phi) is 8.61. The molecule has 0 saturated heterocycles. The third kappa shape index (κ3) is 6.47. The summed E-state index contributed by atoms with van der Waals surface area (Å²) < 4.78 is 24.7. The van der Waals surface area contributed by atoms with Crippen molar-refractivity contribution in [3.63, 3.8) is 0 Å². The normalized spacial score (nSPS) is 12.5. The minimum absolute atomic E-state index is 0.0343. The van der Waals surface area contributed by atoms with Crippen LogP contribution in [0.1, 0.15) is 28.9 Å². The van der Waals surface area contributed by atoms with E-state index in [1.807, 2.05) is 54.0 Å². The average Bonchev–Trinajstić information content (AvgIpc) is 3.27. The van der Waals surface area contributed by atoms with Crippen LogP contribution in [0.3, 0.4) is 0 Å². The maximum atomic E-state index is 12.8. The molecule has 8 nitrogen and oxygen atoms in total. The van der Waals surface area contributed by atoms with E-state index in [9.17, 15) is 4.79 Å². The number of fused-ring (bicyclic) bond motifs is 1. The summed E-state index contributed by atoms with van der Waals surface area (Å²) in [4.78, 5) is 22.2. The van der Waals surface area contributed by atoms with Crippen molar-refractivity contribution >= 4 is 25.1 Å². The molecule has 2 aromatic carbocycles. The number of hydrogen-bond acceptors (Lipinski definition) is 7. The van der Waals surface area contributed by atoms with Crippen LogP contribution in [0.5, 0.6) is 11.5 Å². The summed E-state index contributed by atoms with van der Waals surface area (Å²) in [7, 11) is 1.78. The summed E-state index contributed by atoms with van der Waals surface area (Å²) in [5.41, 5.74) is 3.42. The van der Waals surface area contributed by atoms with Gasteiger partial charge in [0.15, 0.2) is 5.82 Å². The lowest BCUT2D eigenvalue weighted by Crippen LogP contribution is -2.22. The zero-order chi connectivity index (χ0) is 27.3. The zero-order valence-electron chi connectivity index (χ0n) is 22.9. The van der Waals surface area contributed by atoms with E-state index in [0.717, 1.165) is 17.1 Å². The van der Waals surface area contributed by atoms with Gasteiger partial charge < -0.3 is 18.9 Å². The van der Waals surface area contributed by atoms with Crippen molar-refractivity contribution in [2.45, 2.75) is 45.4 Å². The molecule has 4 aromatic rings. The second kappa shape index (κ2) is 11.9. The Morgan fingerprint density at radius 3 is 2.45 bits per heavy atom. The molecule has 0 aliphatic rings. The fraction of sp³-hybridized carbons (Fsp3) is 0.345. The van der Waals surface area contributed by atoms with Gasteiger partial charge in [0.1, 0.15) is 29.5 Å². The number of carbonyl (C=O) groups is 1. The van der Waals surface area contributed by atoms with Crippen molar-refractivity contribution in [2.24, 2.45) is 0 Å². The quantitative estimate of drug-likeness (QED) is 0.120. The van der Waals surface area contributed by atoms with E-state index in [1.54, 1.807) is 25.4 Å². The Morgan fingerprint density at radius 2 is 1.82 bits per heavy atom. The number of rotatable bonds is 11.